The van der Waals surface area contributed by atoms with Gasteiger partial charge in [0.1, 0.15) is 11.6 Å². The zero-order chi connectivity index (χ0) is 11.7. The summed E-state index contributed by atoms with van der Waals surface area (Å²) in [5.41, 5.74) is 8.82. The van der Waals surface area contributed by atoms with Crippen molar-refractivity contribution in [3.63, 3.8) is 0 Å². The van der Waals surface area contributed by atoms with E-state index in [0.29, 0.717) is 5.82 Å². The van der Waals surface area contributed by atoms with Crippen LogP contribution in [0.15, 0.2) is 22.8 Å². The van der Waals surface area contributed by atoms with Gasteiger partial charge in [-0.3, -0.25) is 5.10 Å². The fraction of sp³-hybridized carbons (Fsp3) is 0.182. The number of nitrogens with one attached hydrogen (secondary N) is 1. The van der Waals surface area contributed by atoms with Gasteiger partial charge in [0.2, 0.25) is 0 Å². The van der Waals surface area contributed by atoms with E-state index >= 15 is 0 Å². The number of nitrogens with zero attached hydrogens (tertiary/aromatic N) is 1. The Labute approximate surface area is 102 Å². The normalized spacial score (nSPS) is 10.4. The number of halogens is 1. The third-order valence-electron chi connectivity index (χ3n) is 2.47. The summed E-state index contributed by atoms with van der Waals surface area (Å²) < 4.78 is 6.15. The molecule has 0 bridgehead atoms. The van der Waals surface area contributed by atoms with E-state index in [1.165, 1.54) is 0 Å². The monoisotopic (exact) mass is 281 g/mol. The highest BCUT2D eigenvalue weighted by Crippen LogP contribution is 2.39. The maximum atomic E-state index is 5.82. The molecular formula is C11H12BrN3O. The molecule has 2 rings (SSSR count). The Morgan fingerprint density at radius 3 is 2.75 bits per heavy atom. The van der Waals surface area contributed by atoms with Crippen molar-refractivity contribution in [2.24, 2.45) is 0 Å². The summed E-state index contributed by atoms with van der Waals surface area (Å²) >= 11 is 3.53. The standard InChI is InChI=1S/C11H12BrN3O/c1-6-3-4-8(16-2)10(12)9(6)7-5-14-15-11(7)13/h3-5H,1-2H3,(H3,13,14,15). The Balaban J connectivity index is 2.69. The van der Waals surface area contributed by atoms with Crippen molar-refractivity contribution >= 4 is 21.7 Å². The summed E-state index contributed by atoms with van der Waals surface area (Å²) in [6.45, 7) is 2.02. The first kappa shape index (κ1) is 11.0. The number of rotatable bonds is 2. The molecule has 0 saturated carbocycles. The summed E-state index contributed by atoms with van der Waals surface area (Å²) in [7, 11) is 1.64. The number of nitrogens with two attached hydrogens (primary N) is 1. The zero-order valence-electron chi connectivity index (χ0n) is 9.04. The number of aromatic nitrogens is 2. The molecule has 16 heavy (non-hydrogen) atoms. The van der Waals surface area contributed by atoms with E-state index < -0.39 is 0 Å². The molecule has 1 aromatic carbocycles. The number of aryl methyl sites for hydroxylation is 1. The maximum absolute atomic E-state index is 5.82. The van der Waals surface area contributed by atoms with Crippen molar-refractivity contribution in [1.82, 2.24) is 10.2 Å². The van der Waals surface area contributed by atoms with E-state index in [1.54, 1.807) is 13.3 Å². The van der Waals surface area contributed by atoms with Gasteiger partial charge in [0, 0.05) is 11.1 Å². The van der Waals surface area contributed by atoms with Crippen LogP contribution in [0.5, 0.6) is 5.75 Å². The summed E-state index contributed by atoms with van der Waals surface area (Å²) in [5.74, 6) is 1.33. The predicted molar refractivity (Wildman–Crippen MR) is 67.4 cm³/mol. The summed E-state index contributed by atoms with van der Waals surface area (Å²) in [5, 5.41) is 6.65. The van der Waals surface area contributed by atoms with Crippen molar-refractivity contribution in [3.05, 3.63) is 28.4 Å². The molecule has 1 heterocycles. The molecule has 0 radical (unpaired) electrons. The number of H-pyrrole nitrogens is 1. The quantitative estimate of drug-likeness (QED) is 0.890. The average molecular weight is 282 g/mol. The Hall–Kier alpha value is -1.49. The lowest BCUT2D eigenvalue weighted by molar-refractivity contribution is 0.412. The highest BCUT2D eigenvalue weighted by atomic mass is 79.9. The van der Waals surface area contributed by atoms with E-state index in [2.05, 4.69) is 26.1 Å². The van der Waals surface area contributed by atoms with Crippen LogP contribution in [0.4, 0.5) is 5.82 Å². The number of benzene rings is 1. The maximum Gasteiger partial charge on any atom is 0.133 e. The van der Waals surface area contributed by atoms with E-state index in [9.17, 15) is 0 Å². The molecule has 0 aliphatic rings. The van der Waals surface area contributed by atoms with E-state index in [0.717, 1.165) is 26.9 Å². The number of anilines is 1. The molecule has 5 heteroatoms. The van der Waals surface area contributed by atoms with Gasteiger partial charge in [-0.2, -0.15) is 5.10 Å². The fourth-order valence-corrected chi connectivity index (χ4v) is 2.46. The third-order valence-corrected chi connectivity index (χ3v) is 3.26. The lowest BCUT2D eigenvalue weighted by Crippen LogP contribution is -1.93. The lowest BCUT2D eigenvalue weighted by Gasteiger charge is -2.11. The van der Waals surface area contributed by atoms with Gasteiger partial charge in [0.25, 0.3) is 0 Å². The van der Waals surface area contributed by atoms with Crippen molar-refractivity contribution in [3.8, 4) is 16.9 Å². The van der Waals surface area contributed by atoms with Crippen LogP contribution in [0.1, 0.15) is 5.56 Å². The molecule has 0 saturated heterocycles. The fourth-order valence-electron chi connectivity index (χ4n) is 1.64. The van der Waals surface area contributed by atoms with Crippen LogP contribution in [0, 0.1) is 6.92 Å². The number of ether oxygens (including phenoxy) is 1. The molecule has 2 aromatic rings. The molecule has 1 aromatic heterocycles. The van der Waals surface area contributed by atoms with Gasteiger partial charge in [0.15, 0.2) is 0 Å². The third kappa shape index (κ3) is 1.67. The number of nitrogen functional groups attached to an aromatic ring is 1. The average Bonchev–Trinajstić information content (AvgIpc) is 2.66. The minimum absolute atomic E-state index is 0.553. The van der Waals surface area contributed by atoms with Gasteiger partial charge in [-0.1, -0.05) is 6.07 Å². The second kappa shape index (κ2) is 4.17. The van der Waals surface area contributed by atoms with Gasteiger partial charge in [-0.15, -0.1) is 0 Å². The second-order valence-corrected chi connectivity index (χ2v) is 4.26. The van der Waals surface area contributed by atoms with Crippen LogP contribution in [0.2, 0.25) is 0 Å². The Kier molecular flexibility index (Phi) is 2.87. The first-order valence-corrected chi connectivity index (χ1v) is 5.56. The molecule has 0 aliphatic heterocycles. The van der Waals surface area contributed by atoms with Crippen LogP contribution in [0.3, 0.4) is 0 Å². The van der Waals surface area contributed by atoms with E-state index in [4.69, 9.17) is 10.5 Å². The van der Waals surface area contributed by atoms with Crippen molar-refractivity contribution in [2.75, 3.05) is 12.8 Å². The van der Waals surface area contributed by atoms with Gasteiger partial charge in [-0.05, 0) is 34.5 Å². The van der Waals surface area contributed by atoms with Gasteiger partial charge in [-0.25, -0.2) is 0 Å². The smallest absolute Gasteiger partial charge is 0.133 e. The molecule has 0 fully saturated rings. The number of hydrogen-bond donors (Lipinski definition) is 2. The SMILES string of the molecule is COc1ccc(C)c(-c2cn[nH]c2N)c1Br. The van der Waals surface area contributed by atoms with Gasteiger partial charge >= 0.3 is 0 Å². The Morgan fingerprint density at radius 1 is 1.44 bits per heavy atom. The molecule has 0 amide bonds. The zero-order valence-corrected chi connectivity index (χ0v) is 10.6. The summed E-state index contributed by atoms with van der Waals surface area (Å²) in [6, 6.07) is 3.91. The molecule has 0 aliphatic carbocycles. The van der Waals surface area contributed by atoms with Crippen LogP contribution in [0.25, 0.3) is 11.1 Å². The number of methoxy groups -OCH3 is 1. The minimum Gasteiger partial charge on any atom is -0.496 e. The summed E-state index contributed by atoms with van der Waals surface area (Å²) in [6.07, 6.45) is 1.71. The molecule has 3 N–H and O–H groups in total. The molecule has 0 spiro atoms. The second-order valence-electron chi connectivity index (χ2n) is 3.47. The van der Waals surface area contributed by atoms with Crippen LogP contribution in [-0.2, 0) is 0 Å². The predicted octanol–water partition coefficient (Wildman–Crippen LogP) is 2.74. The Morgan fingerprint density at radius 2 is 2.19 bits per heavy atom. The van der Waals surface area contributed by atoms with Crippen LogP contribution >= 0.6 is 15.9 Å². The van der Waals surface area contributed by atoms with E-state index in [1.807, 2.05) is 19.1 Å². The minimum atomic E-state index is 0.553. The molecule has 4 nitrogen and oxygen atoms in total. The highest BCUT2D eigenvalue weighted by Gasteiger charge is 2.14. The van der Waals surface area contributed by atoms with Crippen LogP contribution in [-0.4, -0.2) is 17.3 Å². The topological polar surface area (TPSA) is 63.9 Å². The largest absolute Gasteiger partial charge is 0.496 e. The van der Waals surface area contributed by atoms with Crippen LogP contribution < -0.4 is 10.5 Å². The first-order valence-electron chi connectivity index (χ1n) is 4.77. The number of hydrogen-bond acceptors (Lipinski definition) is 3. The number of aromatic amines is 1. The molecule has 0 unspecified atom stereocenters. The van der Waals surface area contributed by atoms with Gasteiger partial charge in [0.05, 0.1) is 17.8 Å². The van der Waals surface area contributed by atoms with E-state index in [-0.39, 0.29) is 0 Å². The molecule has 84 valence electrons. The summed E-state index contributed by atoms with van der Waals surface area (Å²) in [4.78, 5) is 0. The first-order chi connectivity index (χ1) is 7.65. The molecule has 0 atom stereocenters. The molecular weight excluding hydrogens is 270 g/mol. The Bertz CT molecular complexity index is 522. The van der Waals surface area contributed by atoms with Crippen molar-refractivity contribution in [1.29, 1.82) is 0 Å². The van der Waals surface area contributed by atoms with Crippen molar-refractivity contribution < 1.29 is 4.74 Å². The lowest BCUT2D eigenvalue weighted by atomic mass is 10.0. The van der Waals surface area contributed by atoms with Gasteiger partial charge < -0.3 is 10.5 Å². The van der Waals surface area contributed by atoms with Crippen molar-refractivity contribution in [2.45, 2.75) is 6.92 Å². The highest BCUT2D eigenvalue weighted by molar-refractivity contribution is 9.10.